The van der Waals surface area contributed by atoms with Gasteiger partial charge in [0.05, 0.1) is 11.9 Å². The SMILES string of the molecule is O=C(O)c1cccn2c(CNC3CC3)cnc12. The highest BCUT2D eigenvalue weighted by atomic mass is 16.4. The van der Waals surface area contributed by atoms with E-state index in [0.717, 1.165) is 12.2 Å². The Morgan fingerprint density at radius 3 is 3.12 bits per heavy atom. The molecule has 2 aromatic heterocycles. The Bertz CT molecular complexity index is 572. The fourth-order valence-electron chi connectivity index (χ4n) is 1.90. The van der Waals surface area contributed by atoms with Gasteiger partial charge in [0.15, 0.2) is 5.65 Å². The predicted octanol–water partition coefficient (Wildman–Crippen LogP) is 1.28. The van der Waals surface area contributed by atoms with Gasteiger partial charge in [-0.1, -0.05) is 0 Å². The smallest absolute Gasteiger partial charge is 0.339 e. The second-order valence-corrected chi connectivity index (χ2v) is 4.33. The van der Waals surface area contributed by atoms with Crippen LogP contribution in [0.3, 0.4) is 0 Å². The van der Waals surface area contributed by atoms with Gasteiger partial charge in [-0.2, -0.15) is 0 Å². The maximum atomic E-state index is 11.0. The molecule has 17 heavy (non-hydrogen) atoms. The lowest BCUT2D eigenvalue weighted by atomic mass is 10.3. The predicted molar refractivity (Wildman–Crippen MR) is 62.0 cm³/mol. The van der Waals surface area contributed by atoms with Crippen LogP contribution >= 0.6 is 0 Å². The Morgan fingerprint density at radius 2 is 2.41 bits per heavy atom. The highest BCUT2D eigenvalue weighted by Crippen LogP contribution is 2.19. The maximum absolute atomic E-state index is 11.0. The molecular formula is C12H13N3O2. The first-order chi connectivity index (χ1) is 8.25. The average molecular weight is 231 g/mol. The Hall–Kier alpha value is -1.88. The number of carbonyl (C=O) groups is 1. The molecule has 5 nitrogen and oxygen atoms in total. The molecule has 0 amide bonds. The molecule has 0 bridgehead atoms. The Balaban J connectivity index is 1.96. The van der Waals surface area contributed by atoms with E-state index in [1.54, 1.807) is 18.3 Å². The quantitative estimate of drug-likeness (QED) is 0.832. The fraction of sp³-hybridized carbons (Fsp3) is 0.333. The third-order valence-corrected chi connectivity index (χ3v) is 2.99. The molecule has 1 saturated carbocycles. The lowest BCUT2D eigenvalue weighted by Gasteiger charge is -2.03. The molecule has 1 aliphatic rings. The summed E-state index contributed by atoms with van der Waals surface area (Å²) < 4.78 is 1.83. The highest BCUT2D eigenvalue weighted by molar-refractivity contribution is 5.94. The topological polar surface area (TPSA) is 66.6 Å². The van der Waals surface area contributed by atoms with E-state index in [9.17, 15) is 4.79 Å². The van der Waals surface area contributed by atoms with Gasteiger partial charge >= 0.3 is 5.97 Å². The van der Waals surface area contributed by atoms with Crippen LogP contribution in [-0.4, -0.2) is 26.5 Å². The molecule has 0 atom stereocenters. The third-order valence-electron chi connectivity index (χ3n) is 2.99. The molecule has 1 aliphatic carbocycles. The van der Waals surface area contributed by atoms with Crippen molar-refractivity contribution in [3.63, 3.8) is 0 Å². The number of aromatic carboxylic acids is 1. The van der Waals surface area contributed by atoms with Gasteiger partial charge in [-0.25, -0.2) is 9.78 Å². The zero-order valence-electron chi connectivity index (χ0n) is 9.26. The van der Waals surface area contributed by atoms with Crippen molar-refractivity contribution in [2.24, 2.45) is 0 Å². The molecule has 0 aromatic carbocycles. The van der Waals surface area contributed by atoms with Crippen LogP contribution in [0.25, 0.3) is 5.65 Å². The van der Waals surface area contributed by atoms with Gasteiger partial charge in [-0.15, -0.1) is 0 Å². The summed E-state index contributed by atoms with van der Waals surface area (Å²) in [6, 6.07) is 3.94. The second kappa shape index (κ2) is 3.85. The average Bonchev–Trinajstić information content (AvgIpc) is 3.06. The molecule has 3 rings (SSSR count). The van der Waals surface area contributed by atoms with Gasteiger partial charge in [0.2, 0.25) is 0 Å². The summed E-state index contributed by atoms with van der Waals surface area (Å²) in [5.41, 5.74) is 1.74. The van der Waals surface area contributed by atoms with Gasteiger partial charge in [-0.3, -0.25) is 0 Å². The van der Waals surface area contributed by atoms with Crippen molar-refractivity contribution in [1.82, 2.24) is 14.7 Å². The number of nitrogens with one attached hydrogen (secondary N) is 1. The molecule has 0 spiro atoms. The summed E-state index contributed by atoms with van der Waals surface area (Å²) in [6.07, 6.45) is 6.05. The van der Waals surface area contributed by atoms with Crippen molar-refractivity contribution < 1.29 is 9.90 Å². The van der Waals surface area contributed by atoms with E-state index in [1.807, 2.05) is 10.6 Å². The van der Waals surface area contributed by atoms with E-state index in [4.69, 9.17) is 5.11 Å². The molecular weight excluding hydrogens is 218 g/mol. The van der Waals surface area contributed by atoms with Gasteiger partial charge in [0.1, 0.15) is 5.56 Å². The zero-order valence-corrected chi connectivity index (χ0v) is 9.26. The van der Waals surface area contributed by atoms with Crippen LogP contribution in [0, 0.1) is 0 Å². The number of carboxylic acids is 1. The van der Waals surface area contributed by atoms with Crippen LogP contribution in [0.5, 0.6) is 0 Å². The van der Waals surface area contributed by atoms with Crippen LogP contribution in [-0.2, 0) is 6.54 Å². The molecule has 0 aliphatic heterocycles. The van der Waals surface area contributed by atoms with Crippen molar-refractivity contribution in [2.45, 2.75) is 25.4 Å². The fourth-order valence-corrected chi connectivity index (χ4v) is 1.90. The molecule has 0 unspecified atom stereocenters. The lowest BCUT2D eigenvalue weighted by molar-refractivity contribution is 0.0698. The van der Waals surface area contributed by atoms with Crippen LogP contribution in [0.2, 0.25) is 0 Å². The van der Waals surface area contributed by atoms with Crippen molar-refractivity contribution in [1.29, 1.82) is 0 Å². The third kappa shape index (κ3) is 1.89. The minimum atomic E-state index is -0.942. The maximum Gasteiger partial charge on any atom is 0.339 e. The highest BCUT2D eigenvalue weighted by Gasteiger charge is 2.21. The van der Waals surface area contributed by atoms with E-state index < -0.39 is 5.97 Å². The summed E-state index contributed by atoms with van der Waals surface area (Å²) in [5.74, 6) is -0.942. The van der Waals surface area contributed by atoms with E-state index in [1.165, 1.54) is 12.8 Å². The number of pyridine rings is 1. The van der Waals surface area contributed by atoms with Crippen LogP contribution in [0.15, 0.2) is 24.5 Å². The molecule has 5 heteroatoms. The Morgan fingerprint density at radius 1 is 1.59 bits per heavy atom. The largest absolute Gasteiger partial charge is 0.478 e. The first-order valence-electron chi connectivity index (χ1n) is 5.67. The number of carboxylic acid groups (broad SMARTS) is 1. The molecule has 2 aromatic rings. The number of hydrogen-bond acceptors (Lipinski definition) is 3. The van der Waals surface area contributed by atoms with Crippen molar-refractivity contribution >= 4 is 11.6 Å². The van der Waals surface area contributed by atoms with Crippen LogP contribution in [0.4, 0.5) is 0 Å². The summed E-state index contributed by atoms with van der Waals surface area (Å²) >= 11 is 0. The first kappa shape index (κ1) is 10.3. The van der Waals surface area contributed by atoms with E-state index in [2.05, 4.69) is 10.3 Å². The van der Waals surface area contributed by atoms with Crippen molar-refractivity contribution in [2.75, 3.05) is 0 Å². The van der Waals surface area contributed by atoms with E-state index in [-0.39, 0.29) is 5.56 Å². The molecule has 2 N–H and O–H groups in total. The number of rotatable bonds is 4. The number of fused-ring (bicyclic) bond motifs is 1. The van der Waals surface area contributed by atoms with Gasteiger partial charge in [0, 0.05) is 18.8 Å². The summed E-state index contributed by atoms with van der Waals surface area (Å²) in [6.45, 7) is 0.731. The van der Waals surface area contributed by atoms with Gasteiger partial charge in [0.25, 0.3) is 0 Å². The second-order valence-electron chi connectivity index (χ2n) is 4.33. The Labute approximate surface area is 98.1 Å². The first-order valence-corrected chi connectivity index (χ1v) is 5.67. The Kier molecular flexibility index (Phi) is 2.33. The zero-order chi connectivity index (χ0) is 11.8. The number of imidazole rings is 1. The molecule has 0 radical (unpaired) electrons. The normalized spacial score (nSPS) is 15.3. The lowest BCUT2D eigenvalue weighted by Crippen LogP contribution is -2.16. The molecule has 2 heterocycles. The molecule has 0 saturated heterocycles. The summed E-state index contributed by atoms with van der Waals surface area (Å²) in [5, 5.41) is 12.4. The van der Waals surface area contributed by atoms with E-state index >= 15 is 0 Å². The molecule has 1 fully saturated rings. The van der Waals surface area contributed by atoms with Crippen LogP contribution < -0.4 is 5.32 Å². The standard InChI is InChI=1S/C12H13N3O2/c16-12(17)10-2-1-5-15-9(7-14-11(10)15)6-13-8-3-4-8/h1-2,5,7-8,13H,3-4,6H2,(H,16,17). The number of aromatic nitrogens is 2. The van der Waals surface area contributed by atoms with Gasteiger partial charge in [-0.05, 0) is 25.0 Å². The van der Waals surface area contributed by atoms with Crippen molar-refractivity contribution in [3.8, 4) is 0 Å². The number of nitrogens with zero attached hydrogens (tertiary/aromatic N) is 2. The summed E-state index contributed by atoms with van der Waals surface area (Å²) in [4.78, 5) is 15.2. The minimum Gasteiger partial charge on any atom is -0.478 e. The van der Waals surface area contributed by atoms with Gasteiger partial charge < -0.3 is 14.8 Å². The van der Waals surface area contributed by atoms with E-state index in [0.29, 0.717) is 11.7 Å². The molecule has 88 valence electrons. The number of hydrogen-bond donors (Lipinski definition) is 2. The monoisotopic (exact) mass is 231 g/mol. The minimum absolute atomic E-state index is 0.241. The summed E-state index contributed by atoms with van der Waals surface area (Å²) in [7, 11) is 0. The van der Waals surface area contributed by atoms with Crippen LogP contribution in [0.1, 0.15) is 28.9 Å². The van der Waals surface area contributed by atoms with Crippen molar-refractivity contribution in [3.05, 3.63) is 35.8 Å².